The highest BCUT2D eigenvalue weighted by atomic mass is 79.9. The fourth-order valence-corrected chi connectivity index (χ4v) is 3.71. The van der Waals surface area contributed by atoms with Crippen molar-refractivity contribution in [2.24, 2.45) is 0 Å². The summed E-state index contributed by atoms with van der Waals surface area (Å²) in [7, 11) is 0. The van der Waals surface area contributed by atoms with Crippen molar-refractivity contribution in [2.75, 3.05) is 23.8 Å². The summed E-state index contributed by atoms with van der Waals surface area (Å²) in [5.74, 6) is -0.0547. The molecule has 2 amide bonds. The van der Waals surface area contributed by atoms with Gasteiger partial charge in [0.05, 0.1) is 5.41 Å². The molecule has 6 nitrogen and oxygen atoms in total. The largest absolute Gasteiger partial charge is 0.444 e. The van der Waals surface area contributed by atoms with Crippen molar-refractivity contribution in [2.45, 2.75) is 44.6 Å². The van der Waals surface area contributed by atoms with Crippen LogP contribution in [0, 0.1) is 0 Å². The number of benzene rings is 2. The van der Waals surface area contributed by atoms with Crippen molar-refractivity contribution in [1.29, 1.82) is 0 Å². The highest BCUT2D eigenvalue weighted by molar-refractivity contribution is 9.10. The van der Waals surface area contributed by atoms with Crippen LogP contribution in [0.25, 0.3) is 0 Å². The normalized spacial score (nSPS) is 15.9. The lowest BCUT2D eigenvalue weighted by Gasteiger charge is -2.36. The Hall–Kier alpha value is -2.38. The van der Waals surface area contributed by atoms with Gasteiger partial charge in [-0.15, -0.1) is 0 Å². The first-order valence-corrected chi connectivity index (χ1v) is 10.7. The van der Waals surface area contributed by atoms with E-state index in [2.05, 4.69) is 26.6 Å². The molecule has 1 aliphatic heterocycles. The Labute approximate surface area is 185 Å². The van der Waals surface area contributed by atoms with Crippen molar-refractivity contribution < 1.29 is 19.1 Å². The highest BCUT2D eigenvalue weighted by Gasteiger charge is 2.41. The van der Waals surface area contributed by atoms with E-state index < -0.39 is 17.1 Å². The molecule has 0 atom stereocenters. The van der Waals surface area contributed by atoms with E-state index in [0.717, 1.165) is 10.0 Å². The highest BCUT2D eigenvalue weighted by Crippen LogP contribution is 2.36. The Bertz CT molecular complexity index is 883. The smallest absolute Gasteiger partial charge is 0.412 e. The summed E-state index contributed by atoms with van der Waals surface area (Å²) in [5.41, 5.74) is 1.04. The predicted molar refractivity (Wildman–Crippen MR) is 121 cm³/mol. The van der Waals surface area contributed by atoms with Crippen LogP contribution in [0.3, 0.4) is 0 Å². The molecule has 160 valence electrons. The van der Waals surface area contributed by atoms with Gasteiger partial charge in [0.2, 0.25) is 5.91 Å². The van der Waals surface area contributed by atoms with Crippen LogP contribution >= 0.6 is 15.9 Å². The molecule has 2 N–H and O–H groups in total. The van der Waals surface area contributed by atoms with Crippen molar-refractivity contribution >= 4 is 39.3 Å². The van der Waals surface area contributed by atoms with Crippen LogP contribution in [0.4, 0.5) is 16.2 Å². The number of amides is 2. The number of halogens is 1. The maximum absolute atomic E-state index is 13.3. The Balaban J connectivity index is 1.71. The molecule has 1 saturated heterocycles. The number of hydrogen-bond acceptors (Lipinski definition) is 4. The van der Waals surface area contributed by atoms with E-state index in [1.807, 2.05) is 45.0 Å². The molecular weight excluding hydrogens is 448 g/mol. The second-order valence-electron chi connectivity index (χ2n) is 8.36. The van der Waals surface area contributed by atoms with Gasteiger partial charge in [0.25, 0.3) is 0 Å². The van der Waals surface area contributed by atoms with Crippen LogP contribution in [0.5, 0.6) is 0 Å². The molecule has 2 aromatic carbocycles. The Kier molecular flexibility index (Phi) is 6.83. The zero-order valence-corrected chi connectivity index (χ0v) is 19.0. The number of hydrogen-bond donors (Lipinski definition) is 2. The van der Waals surface area contributed by atoms with Gasteiger partial charge in [-0.25, -0.2) is 4.79 Å². The first-order valence-electron chi connectivity index (χ1n) is 9.93. The summed E-state index contributed by atoms with van der Waals surface area (Å²) in [6, 6.07) is 14.9. The Morgan fingerprint density at radius 2 is 1.47 bits per heavy atom. The van der Waals surface area contributed by atoms with Crippen molar-refractivity contribution in [3.8, 4) is 0 Å². The summed E-state index contributed by atoms with van der Waals surface area (Å²) >= 11 is 3.45. The number of carbonyl (C=O) groups is 2. The number of ether oxygens (including phenoxy) is 2. The molecule has 0 spiro atoms. The zero-order chi connectivity index (χ0) is 21.8. The minimum atomic E-state index is -0.633. The van der Waals surface area contributed by atoms with E-state index in [-0.39, 0.29) is 5.91 Å². The fraction of sp³-hybridized carbons (Fsp3) is 0.391. The molecule has 0 radical (unpaired) electrons. The second kappa shape index (κ2) is 9.18. The molecule has 2 aromatic rings. The van der Waals surface area contributed by atoms with Crippen LogP contribution in [-0.2, 0) is 19.7 Å². The number of nitrogens with one attached hydrogen (secondary N) is 2. The van der Waals surface area contributed by atoms with Gasteiger partial charge in [-0.3, -0.25) is 10.1 Å². The lowest BCUT2D eigenvalue weighted by molar-refractivity contribution is -0.125. The average Bonchev–Trinajstić information content (AvgIpc) is 2.69. The molecule has 3 rings (SSSR count). The van der Waals surface area contributed by atoms with Gasteiger partial charge in [-0.05, 0) is 75.6 Å². The minimum Gasteiger partial charge on any atom is -0.444 e. The molecule has 0 aromatic heterocycles. The molecule has 1 aliphatic rings. The van der Waals surface area contributed by atoms with Crippen LogP contribution < -0.4 is 10.6 Å². The summed E-state index contributed by atoms with van der Waals surface area (Å²) in [6.07, 6.45) is 0.730. The lowest BCUT2D eigenvalue weighted by Crippen LogP contribution is -2.44. The molecular formula is C23H27BrN2O4. The number of carbonyl (C=O) groups excluding carboxylic acids is 2. The maximum Gasteiger partial charge on any atom is 0.412 e. The van der Waals surface area contributed by atoms with Gasteiger partial charge < -0.3 is 14.8 Å². The fourth-order valence-electron chi connectivity index (χ4n) is 3.44. The minimum absolute atomic E-state index is 0.0547. The third-order valence-electron chi connectivity index (χ3n) is 4.97. The van der Waals surface area contributed by atoms with Gasteiger partial charge in [-0.1, -0.05) is 28.1 Å². The van der Waals surface area contributed by atoms with E-state index in [4.69, 9.17) is 9.47 Å². The van der Waals surface area contributed by atoms with Gasteiger partial charge in [0.15, 0.2) is 0 Å². The first-order chi connectivity index (χ1) is 14.2. The van der Waals surface area contributed by atoms with Crippen LogP contribution in [0.1, 0.15) is 39.2 Å². The number of rotatable bonds is 4. The average molecular weight is 475 g/mol. The summed E-state index contributed by atoms with van der Waals surface area (Å²) in [5, 5.41) is 5.72. The monoisotopic (exact) mass is 474 g/mol. The number of anilines is 2. The molecule has 30 heavy (non-hydrogen) atoms. The molecule has 1 heterocycles. The summed E-state index contributed by atoms with van der Waals surface area (Å²) in [6.45, 7) is 6.51. The van der Waals surface area contributed by atoms with E-state index >= 15 is 0 Å². The lowest BCUT2D eigenvalue weighted by atomic mass is 9.73. The van der Waals surface area contributed by atoms with Crippen LogP contribution in [-0.4, -0.2) is 30.8 Å². The molecule has 0 unspecified atom stereocenters. The van der Waals surface area contributed by atoms with Gasteiger partial charge in [-0.2, -0.15) is 0 Å². The zero-order valence-electron chi connectivity index (χ0n) is 17.5. The van der Waals surface area contributed by atoms with E-state index in [9.17, 15) is 9.59 Å². The molecule has 0 saturated carbocycles. The SMILES string of the molecule is CC(C)(C)OC(=O)Nc1ccc(NC(=O)C2(c3ccc(Br)cc3)CCOCC2)cc1. The predicted octanol–water partition coefficient (Wildman–Crippen LogP) is 5.48. The topological polar surface area (TPSA) is 76.7 Å². The van der Waals surface area contributed by atoms with Crippen LogP contribution in [0.2, 0.25) is 0 Å². The van der Waals surface area contributed by atoms with Crippen LogP contribution in [0.15, 0.2) is 53.0 Å². The standard InChI is InChI=1S/C23H27BrN2O4/c1-22(2,3)30-21(28)26-19-10-8-18(9-11-19)25-20(27)23(12-14-29-15-13-23)16-4-6-17(24)7-5-16/h4-11H,12-15H2,1-3H3,(H,25,27)(H,26,28). The van der Waals surface area contributed by atoms with Gasteiger partial charge in [0.1, 0.15) is 5.60 Å². The Morgan fingerprint density at radius 1 is 0.933 bits per heavy atom. The van der Waals surface area contributed by atoms with Crippen molar-refractivity contribution in [1.82, 2.24) is 0 Å². The molecule has 1 fully saturated rings. The quantitative estimate of drug-likeness (QED) is 0.614. The summed E-state index contributed by atoms with van der Waals surface area (Å²) < 4.78 is 11.7. The van der Waals surface area contributed by atoms with Crippen molar-refractivity contribution in [3.63, 3.8) is 0 Å². The van der Waals surface area contributed by atoms with Gasteiger partial charge in [0, 0.05) is 29.1 Å². The first kappa shape index (κ1) is 22.3. The molecule has 0 bridgehead atoms. The van der Waals surface area contributed by atoms with E-state index in [0.29, 0.717) is 37.4 Å². The Morgan fingerprint density at radius 3 is 2.00 bits per heavy atom. The van der Waals surface area contributed by atoms with E-state index in [1.54, 1.807) is 24.3 Å². The molecule has 0 aliphatic carbocycles. The van der Waals surface area contributed by atoms with E-state index in [1.165, 1.54) is 0 Å². The third-order valence-corrected chi connectivity index (χ3v) is 5.49. The third kappa shape index (κ3) is 5.61. The molecule has 7 heteroatoms. The maximum atomic E-state index is 13.3. The van der Waals surface area contributed by atoms with Crippen molar-refractivity contribution in [3.05, 3.63) is 58.6 Å². The second-order valence-corrected chi connectivity index (χ2v) is 9.28. The summed E-state index contributed by atoms with van der Waals surface area (Å²) in [4.78, 5) is 25.2. The van der Waals surface area contributed by atoms with Gasteiger partial charge >= 0.3 is 6.09 Å².